The minimum absolute atomic E-state index is 0.0692. The smallest absolute Gasteiger partial charge is 0.407 e. The molecule has 2 aromatic rings. The number of carbonyl (C=O) groups is 1. The lowest BCUT2D eigenvalue weighted by molar-refractivity contribution is 0.0644. The van der Waals surface area contributed by atoms with E-state index in [2.05, 4.69) is 10.6 Å². The number of carbonyl (C=O) groups excluding carboxylic acids is 1. The molecule has 2 atom stereocenters. The first-order valence-corrected chi connectivity index (χ1v) is 13.1. The number of anilines is 1. The molecule has 1 unspecified atom stereocenters. The molecule has 0 heterocycles. The van der Waals surface area contributed by atoms with Gasteiger partial charge in [-0.3, -0.25) is 5.32 Å². The first-order valence-electron chi connectivity index (χ1n) is 11.6. The fraction of sp³-hybridized carbons (Fsp3) is 0.480. The van der Waals surface area contributed by atoms with Crippen LogP contribution in [0.4, 0.5) is 10.5 Å². The Kier molecular flexibility index (Phi) is 10.3. The van der Waals surface area contributed by atoms with E-state index < -0.39 is 26.9 Å². The van der Waals surface area contributed by atoms with Crippen LogP contribution in [0.2, 0.25) is 0 Å². The van der Waals surface area contributed by atoms with Gasteiger partial charge in [0.2, 0.25) is 0 Å². The van der Waals surface area contributed by atoms with E-state index in [-0.39, 0.29) is 17.5 Å². The zero-order chi connectivity index (χ0) is 25.2. The summed E-state index contributed by atoms with van der Waals surface area (Å²) >= 11 is 0. The van der Waals surface area contributed by atoms with Gasteiger partial charge in [0.1, 0.15) is 5.37 Å². The summed E-state index contributed by atoms with van der Waals surface area (Å²) in [5, 5.41) is 15.3. The van der Waals surface area contributed by atoms with E-state index in [4.69, 9.17) is 10.5 Å². The summed E-state index contributed by atoms with van der Waals surface area (Å²) in [6, 6.07) is 15.3. The van der Waals surface area contributed by atoms with Crippen molar-refractivity contribution in [2.75, 3.05) is 18.9 Å². The van der Waals surface area contributed by atoms with E-state index in [1.807, 2.05) is 37.3 Å². The largest absolute Gasteiger partial charge is 0.450 e. The summed E-state index contributed by atoms with van der Waals surface area (Å²) in [6.07, 6.45) is 2.20. The number of nitrogens with two attached hydrogens (primary N) is 1. The van der Waals surface area contributed by atoms with Crippen molar-refractivity contribution >= 4 is 21.6 Å². The number of rotatable bonds is 13. The third-order valence-electron chi connectivity index (χ3n) is 5.36. The van der Waals surface area contributed by atoms with Crippen molar-refractivity contribution in [2.45, 2.75) is 68.4 Å². The van der Waals surface area contributed by atoms with Crippen molar-refractivity contribution < 1.29 is 23.1 Å². The number of nitrogens with one attached hydrogen (secondary N) is 2. The van der Waals surface area contributed by atoms with Crippen molar-refractivity contribution in [3.8, 4) is 0 Å². The predicted octanol–water partition coefficient (Wildman–Crippen LogP) is 3.26. The average molecular weight is 492 g/mol. The molecule has 0 fully saturated rings. The van der Waals surface area contributed by atoms with E-state index >= 15 is 0 Å². The number of hydrogen-bond acceptors (Lipinski definition) is 7. The van der Waals surface area contributed by atoms with E-state index in [0.717, 1.165) is 18.4 Å². The fourth-order valence-corrected chi connectivity index (χ4v) is 5.45. The Hall–Kier alpha value is -2.62. The highest BCUT2D eigenvalue weighted by atomic mass is 32.2. The van der Waals surface area contributed by atoms with Crippen LogP contribution >= 0.6 is 0 Å². The summed E-state index contributed by atoms with van der Waals surface area (Å²) in [6.45, 7) is 5.51. The van der Waals surface area contributed by atoms with Gasteiger partial charge in [0, 0.05) is 11.7 Å². The van der Waals surface area contributed by atoms with Crippen LogP contribution in [0.15, 0.2) is 59.5 Å². The number of alkyl carbamates (subject to hydrolysis) is 1. The third kappa shape index (κ3) is 8.62. The van der Waals surface area contributed by atoms with Crippen molar-refractivity contribution in [1.29, 1.82) is 0 Å². The molecule has 0 spiro atoms. The molecule has 0 aliphatic rings. The summed E-state index contributed by atoms with van der Waals surface area (Å²) in [5.74, 6) is 0. The van der Waals surface area contributed by atoms with Gasteiger partial charge < -0.3 is 20.9 Å². The number of unbranched alkanes of at least 4 members (excludes halogenated alkanes) is 1. The maximum Gasteiger partial charge on any atom is 0.407 e. The Labute approximate surface area is 202 Å². The van der Waals surface area contributed by atoms with Crippen molar-refractivity contribution in [3.05, 3.63) is 60.2 Å². The first kappa shape index (κ1) is 27.6. The number of aliphatic hydroxyl groups is 1. The summed E-state index contributed by atoms with van der Waals surface area (Å²) < 4.78 is 31.7. The lowest BCUT2D eigenvalue weighted by Crippen LogP contribution is -2.53. The zero-order valence-corrected chi connectivity index (χ0v) is 21.0. The molecule has 1 amide bonds. The molecule has 8 nitrogen and oxygen atoms in total. The van der Waals surface area contributed by atoms with Gasteiger partial charge in [-0.25, -0.2) is 13.2 Å². The third-order valence-corrected chi connectivity index (χ3v) is 7.65. The van der Waals surface area contributed by atoms with E-state index in [1.165, 1.54) is 38.1 Å². The molecule has 9 heteroatoms. The van der Waals surface area contributed by atoms with Crippen LogP contribution in [-0.2, 0) is 21.0 Å². The Morgan fingerprint density at radius 1 is 1.12 bits per heavy atom. The van der Waals surface area contributed by atoms with Crippen LogP contribution < -0.4 is 16.4 Å². The normalized spacial score (nSPS) is 13.8. The molecule has 0 aliphatic heterocycles. The number of sulfone groups is 1. The number of ether oxygens (including phenoxy) is 1. The number of nitrogen functional groups attached to an aromatic ring is 1. The van der Waals surface area contributed by atoms with Gasteiger partial charge in [-0.15, -0.1) is 0 Å². The van der Waals surface area contributed by atoms with Crippen LogP contribution in [-0.4, -0.2) is 49.8 Å². The first-order chi connectivity index (χ1) is 16.0. The van der Waals surface area contributed by atoms with Gasteiger partial charge in [-0.05, 0) is 69.5 Å². The second-order valence-electron chi connectivity index (χ2n) is 8.91. The van der Waals surface area contributed by atoms with E-state index in [0.29, 0.717) is 25.1 Å². The van der Waals surface area contributed by atoms with Crippen LogP contribution in [0.1, 0.15) is 45.6 Å². The molecule has 2 aromatic carbocycles. The fourth-order valence-electron chi connectivity index (χ4n) is 3.56. The number of benzene rings is 2. The molecule has 188 valence electrons. The number of hydrogen-bond donors (Lipinski definition) is 4. The molecule has 0 saturated heterocycles. The number of amides is 1. The van der Waals surface area contributed by atoms with Crippen molar-refractivity contribution in [2.24, 2.45) is 0 Å². The minimum Gasteiger partial charge on any atom is -0.450 e. The molecule has 0 saturated carbocycles. The van der Waals surface area contributed by atoms with E-state index in [9.17, 15) is 18.3 Å². The summed E-state index contributed by atoms with van der Waals surface area (Å²) in [4.78, 5) is 12.3. The maximum atomic E-state index is 13.2. The van der Waals surface area contributed by atoms with Gasteiger partial charge in [-0.1, -0.05) is 43.7 Å². The predicted molar refractivity (Wildman–Crippen MR) is 134 cm³/mol. The van der Waals surface area contributed by atoms with Crippen LogP contribution in [0.3, 0.4) is 0 Å². The lowest BCUT2D eigenvalue weighted by atomic mass is 10.0. The van der Waals surface area contributed by atoms with Crippen molar-refractivity contribution in [1.82, 2.24) is 10.6 Å². The molecule has 0 aliphatic carbocycles. The lowest BCUT2D eigenvalue weighted by Gasteiger charge is -2.30. The summed E-state index contributed by atoms with van der Waals surface area (Å²) in [5.41, 5.74) is 5.62. The van der Waals surface area contributed by atoms with Crippen LogP contribution in [0, 0.1) is 0 Å². The van der Waals surface area contributed by atoms with Crippen LogP contribution in [0.25, 0.3) is 0 Å². The Bertz CT molecular complexity index is 989. The Morgan fingerprint density at radius 2 is 1.76 bits per heavy atom. The molecular weight excluding hydrogens is 454 g/mol. The average Bonchev–Trinajstić information content (AvgIpc) is 2.76. The quantitative estimate of drug-likeness (QED) is 0.250. The molecule has 0 bridgehead atoms. The zero-order valence-electron chi connectivity index (χ0n) is 20.2. The minimum atomic E-state index is -3.90. The van der Waals surface area contributed by atoms with Gasteiger partial charge in [0.25, 0.3) is 0 Å². The second kappa shape index (κ2) is 12.7. The topological polar surface area (TPSA) is 131 Å². The van der Waals surface area contributed by atoms with Crippen LogP contribution in [0.5, 0.6) is 0 Å². The highest BCUT2D eigenvalue weighted by Crippen LogP contribution is 2.23. The molecule has 0 radical (unpaired) electrons. The summed E-state index contributed by atoms with van der Waals surface area (Å²) in [7, 11) is -3.90. The molecule has 0 aromatic heterocycles. The molecule has 2 rings (SSSR count). The standard InChI is InChI=1S/C25H37N3O5S/c1-4-5-17-33-24(29)28-21(18-19-9-7-6-8-10-19)15-16-27-23(25(2,3)30)34(31,32)22-13-11-20(26)12-14-22/h6-14,21,23,27,30H,4-5,15-18,26H2,1-3H3,(H,28,29)/t21-,23?/m1/s1. The molecule has 5 N–H and O–H groups in total. The second-order valence-corrected chi connectivity index (χ2v) is 10.9. The van der Waals surface area contributed by atoms with Crippen molar-refractivity contribution in [3.63, 3.8) is 0 Å². The SMILES string of the molecule is CCCCOC(=O)N[C@H](CCNC(C(C)(C)O)S(=O)(=O)c1ccc(N)cc1)Cc1ccccc1. The maximum absolute atomic E-state index is 13.2. The van der Waals surface area contributed by atoms with Gasteiger partial charge in [-0.2, -0.15) is 0 Å². The van der Waals surface area contributed by atoms with Gasteiger partial charge in [0.05, 0.1) is 17.1 Å². The van der Waals surface area contributed by atoms with Gasteiger partial charge >= 0.3 is 6.09 Å². The Balaban J connectivity index is 2.10. The molecular formula is C25H37N3O5S. The monoisotopic (exact) mass is 491 g/mol. The van der Waals surface area contributed by atoms with Gasteiger partial charge in [0.15, 0.2) is 9.84 Å². The highest BCUT2D eigenvalue weighted by Gasteiger charge is 2.38. The molecule has 34 heavy (non-hydrogen) atoms. The highest BCUT2D eigenvalue weighted by molar-refractivity contribution is 7.92. The van der Waals surface area contributed by atoms with E-state index in [1.54, 1.807) is 0 Å². The Morgan fingerprint density at radius 3 is 2.35 bits per heavy atom.